The maximum atomic E-state index is 5.95. The van der Waals surface area contributed by atoms with Crippen molar-refractivity contribution in [1.29, 1.82) is 0 Å². The van der Waals surface area contributed by atoms with Crippen LogP contribution in [0.15, 0.2) is 24.3 Å². The van der Waals surface area contributed by atoms with Gasteiger partial charge in [-0.3, -0.25) is 0 Å². The molecule has 1 aliphatic heterocycles. The van der Waals surface area contributed by atoms with Crippen LogP contribution in [0.1, 0.15) is 37.7 Å². The molecule has 82 valence electrons. The Morgan fingerprint density at radius 2 is 2.20 bits per heavy atom. The standard InChI is InChI=1S/C13H19NO/c1-2-5-11-8-10(9-14)12-6-3-4-7-13(12)15-11/h3-4,6-7,10-11H,2,5,8-9,14H2,1H3. The van der Waals surface area contributed by atoms with Crippen molar-refractivity contribution in [1.82, 2.24) is 0 Å². The Kier molecular flexibility index (Phi) is 3.27. The summed E-state index contributed by atoms with van der Waals surface area (Å²) >= 11 is 0. The fourth-order valence-electron chi connectivity index (χ4n) is 2.32. The van der Waals surface area contributed by atoms with Crippen LogP contribution in [0.25, 0.3) is 0 Å². The largest absolute Gasteiger partial charge is 0.490 e. The zero-order valence-electron chi connectivity index (χ0n) is 9.28. The van der Waals surface area contributed by atoms with Gasteiger partial charge in [0.2, 0.25) is 0 Å². The van der Waals surface area contributed by atoms with Crippen LogP contribution in [0.2, 0.25) is 0 Å². The van der Waals surface area contributed by atoms with Gasteiger partial charge in [-0.2, -0.15) is 0 Å². The van der Waals surface area contributed by atoms with Gasteiger partial charge in [0.25, 0.3) is 0 Å². The maximum Gasteiger partial charge on any atom is 0.123 e. The quantitative estimate of drug-likeness (QED) is 0.823. The van der Waals surface area contributed by atoms with Gasteiger partial charge in [0.15, 0.2) is 0 Å². The Morgan fingerprint density at radius 3 is 2.93 bits per heavy atom. The van der Waals surface area contributed by atoms with Gasteiger partial charge in [-0.25, -0.2) is 0 Å². The lowest BCUT2D eigenvalue weighted by Crippen LogP contribution is -2.29. The third-order valence-electron chi connectivity index (χ3n) is 3.10. The summed E-state index contributed by atoms with van der Waals surface area (Å²) in [4.78, 5) is 0. The summed E-state index contributed by atoms with van der Waals surface area (Å²) in [5, 5.41) is 0. The molecular formula is C13H19NO. The van der Waals surface area contributed by atoms with E-state index in [2.05, 4.69) is 25.1 Å². The predicted octanol–water partition coefficient (Wildman–Crippen LogP) is 2.68. The van der Waals surface area contributed by atoms with E-state index < -0.39 is 0 Å². The molecule has 0 bridgehead atoms. The molecule has 1 aromatic rings. The number of rotatable bonds is 3. The van der Waals surface area contributed by atoms with Gasteiger partial charge in [-0.1, -0.05) is 31.5 Å². The Balaban J connectivity index is 2.22. The van der Waals surface area contributed by atoms with Crippen molar-refractivity contribution in [3.8, 4) is 5.75 Å². The number of hydrogen-bond acceptors (Lipinski definition) is 2. The highest BCUT2D eigenvalue weighted by Gasteiger charge is 2.26. The molecule has 15 heavy (non-hydrogen) atoms. The van der Waals surface area contributed by atoms with E-state index in [0.717, 1.165) is 25.1 Å². The lowest BCUT2D eigenvalue weighted by Gasteiger charge is -2.31. The minimum absolute atomic E-state index is 0.360. The highest BCUT2D eigenvalue weighted by molar-refractivity contribution is 5.38. The first kappa shape index (κ1) is 10.5. The summed E-state index contributed by atoms with van der Waals surface area (Å²) in [6, 6.07) is 8.28. The summed E-state index contributed by atoms with van der Waals surface area (Å²) < 4.78 is 5.95. The number of benzene rings is 1. The van der Waals surface area contributed by atoms with Crippen LogP contribution in [-0.2, 0) is 0 Å². The Morgan fingerprint density at radius 1 is 1.40 bits per heavy atom. The van der Waals surface area contributed by atoms with E-state index in [4.69, 9.17) is 10.5 Å². The van der Waals surface area contributed by atoms with Crippen LogP contribution in [0, 0.1) is 0 Å². The average molecular weight is 205 g/mol. The molecule has 2 rings (SSSR count). The fraction of sp³-hybridized carbons (Fsp3) is 0.538. The van der Waals surface area contributed by atoms with Gasteiger partial charge >= 0.3 is 0 Å². The predicted molar refractivity (Wildman–Crippen MR) is 62.2 cm³/mol. The smallest absolute Gasteiger partial charge is 0.123 e. The van der Waals surface area contributed by atoms with Crippen molar-refractivity contribution in [3.63, 3.8) is 0 Å². The molecule has 0 amide bonds. The zero-order chi connectivity index (χ0) is 10.7. The average Bonchev–Trinajstić information content (AvgIpc) is 2.28. The van der Waals surface area contributed by atoms with Crippen LogP contribution in [-0.4, -0.2) is 12.6 Å². The van der Waals surface area contributed by atoms with E-state index in [0.29, 0.717) is 12.0 Å². The van der Waals surface area contributed by atoms with E-state index in [9.17, 15) is 0 Å². The van der Waals surface area contributed by atoms with E-state index in [1.807, 2.05) is 6.07 Å². The summed E-state index contributed by atoms with van der Waals surface area (Å²) in [6.07, 6.45) is 3.73. The molecule has 2 unspecified atom stereocenters. The van der Waals surface area contributed by atoms with Gasteiger partial charge in [-0.15, -0.1) is 0 Å². The molecule has 0 saturated heterocycles. The lowest BCUT2D eigenvalue weighted by molar-refractivity contribution is 0.149. The van der Waals surface area contributed by atoms with Gasteiger partial charge in [0.05, 0.1) is 6.10 Å². The van der Waals surface area contributed by atoms with E-state index in [-0.39, 0.29) is 0 Å². The fourth-order valence-corrected chi connectivity index (χ4v) is 2.32. The van der Waals surface area contributed by atoms with Crippen molar-refractivity contribution in [2.24, 2.45) is 5.73 Å². The van der Waals surface area contributed by atoms with Crippen LogP contribution < -0.4 is 10.5 Å². The molecule has 1 heterocycles. The second-order valence-corrected chi connectivity index (χ2v) is 4.23. The van der Waals surface area contributed by atoms with E-state index in [1.54, 1.807) is 0 Å². The molecule has 1 aliphatic rings. The van der Waals surface area contributed by atoms with Crippen molar-refractivity contribution in [3.05, 3.63) is 29.8 Å². The Labute approximate surface area is 91.4 Å². The normalized spacial score (nSPS) is 24.4. The second-order valence-electron chi connectivity index (χ2n) is 4.23. The molecule has 2 atom stereocenters. The van der Waals surface area contributed by atoms with Gasteiger partial charge in [0, 0.05) is 5.92 Å². The number of hydrogen-bond donors (Lipinski definition) is 1. The van der Waals surface area contributed by atoms with Crippen molar-refractivity contribution < 1.29 is 4.74 Å². The minimum atomic E-state index is 0.360. The number of nitrogens with two attached hydrogens (primary N) is 1. The monoisotopic (exact) mass is 205 g/mol. The SMILES string of the molecule is CCCC1CC(CN)c2ccccc2O1. The van der Waals surface area contributed by atoms with Crippen molar-refractivity contribution in [2.45, 2.75) is 38.2 Å². The first-order valence-corrected chi connectivity index (χ1v) is 5.80. The molecular weight excluding hydrogens is 186 g/mol. The maximum absolute atomic E-state index is 5.95. The number of para-hydroxylation sites is 1. The Hall–Kier alpha value is -1.02. The van der Waals surface area contributed by atoms with Crippen LogP contribution in [0.3, 0.4) is 0 Å². The first-order valence-electron chi connectivity index (χ1n) is 5.80. The molecule has 0 radical (unpaired) electrons. The molecule has 0 saturated carbocycles. The van der Waals surface area contributed by atoms with Crippen molar-refractivity contribution >= 4 is 0 Å². The molecule has 0 fully saturated rings. The summed E-state index contributed by atoms with van der Waals surface area (Å²) in [6.45, 7) is 2.92. The van der Waals surface area contributed by atoms with Crippen molar-refractivity contribution in [2.75, 3.05) is 6.54 Å². The van der Waals surface area contributed by atoms with E-state index >= 15 is 0 Å². The lowest BCUT2D eigenvalue weighted by atomic mass is 9.88. The van der Waals surface area contributed by atoms with Crippen LogP contribution in [0.4, 0.5) is 0 Å². The van der Waals surface area contributed by atoms with Gasteiger partial charge < -0.3 is 10.5 Å². The molecule has 2 nitrogen and oxygen atoms in total. The van der Waals surface area contributed by atoms with Gasteiger partial charge in [-0.05, 0) is 31.0 Å². The number of fused-ring (bicyclic) bond motifs is 1. The third kappa shape index (κ3) is 2.15. The summed E-state index contributed by atoms with van der Waals surface area (Å²) in [7, 11) is 0. The van der Waals surface area contributed by atoms with Crippen LogP contribution >= 0.6 is 0 Å². The molecule has 0 aromatic heterocycles. The highest BCUT2D eigenvalue weighted by atomic mass is 16.5. The summed E-state index contributed by atoms with van der Waals surface area (Å²) in [5.74, 6) is 1.52. The summed E-state index contributed by atoms with van der Waals surface area (Å²) in [5.41, 5.74) is 7.11. The molecule has 0 aliphatic carbocycles. The topological polar surface area (TPSA) is 35.2 Å². The first-order chi connectivity index (χ1) is 7.35. The zero-order valence-corrected chi connectivity index (χ0v) is 9.28. The highest BCUT2D eigenvalue weighted by Crippen LogP contribution is 2.36. The number of ether oxygens (including phenoxy) is 1. The minimum Gasteiger partial charge on any atom is -0.490 e. The molecule has 1 aromatic carbocycles. The molecule has 2 N–H and O–H groups in total. The van der Waals surface area contributed by atoms with E-state index in [1.165, 1.54) is 12.0 Å². The Bertz CT molecular complexity index is 324. The third-order valence-corrected chi connectivity index (χ3v) is 3.10. The van der Waals surface area contributed by atoms with Crippen LogP contribution in [0.5, 0.6) is 5.75 Å². The van der Waals surface area contributed by atoms with Gasteiger partial charge in [0.1, 0.15) is 5.75 Å². The molecule has 2 heteroatoms. The molecule has 0 spiro atoms. The second kappa shape index (κ2) is 4.67.